The van der Waals surface area contributed by atoms with E-state index in [0.717, 1.165) is 23.0 Å². The second-order valence-electron chi connectivity index (χ2n) is 8.78. The Labute approximate surface area is 217 Å². The fourth-order valence-corrected chi connectivity index (χ4v) is 4.01. The molecule has 0 bridgehead atoms. The molecule has 2 aromatic heterocycles. The molecule has 9 nitrogen and oxygen atoms in total. The third-order valence-electron chi connectivity index (χ3n) is 5.94. The lowest BCUT2D eigenvalue weighted by Crippen LogP contribution is -2.37. The molecule has 1 amide bonds. The van der Waals surface area contributed by atoms with Gasteiger partial charge in [0.25, 0.3) is 0 Å². The topological polar surface area (TPSA) is 106 Å². The van der Waals surface area contributed by atoms with E-state index in [9.17, 15) is 23.1 Å². The standard InChI is InChI=1S/C26H29F3N6O3/c27-19-3-4-22(23(29)11-19)25(14-35-17-31-16-33-35)38-15-21(36)13-30-7-8-32-26(37)6-10-34-9-5-18-1-2-20(28)12-24(18)34/h1-5,9,11-12,16-17,21,25,30,36H,6-8,10,13-15H2,(H,32,37). The molecule has 0 fully saturated rings. The zero-order valence-corrected chi connectivity index (χ0v) is 20.6. The molecule has 0 radical (unpaired) electrons. The summed E-state index contributed by atoms with van der Waals surface area (Å²) in [5.74, 6) is -1.92. The highest BCUT2D eigenvalue weighted by molar-refractivity contribution is 5.80. The van der Waals surface area contributed by atoms with Gasteiger partial charge < -0.3 is 25.0 Å². The first-order valence-corrected chi connectivity index (χ1v) is 12.2. The molecule has 12 heteroatoms. The number of hydrogen-bond donors (Lipinski definition) is 3. The Hall–Kier alpha value is -3.74. The van der Waals surface area contributed by atoms with Crippen LogP contribution in [-0.4, -0.2) is 62.7 Å². The van der Waals surface area contributed by atoms with Crippen LogP contribution >= 0.6 is 0 Å². The minimum Gasteiger partial charge on any atom is -0.389 e. The molecule has 0 saturated heterocycles. The molecular weight excluding hydrogens is 501 g/mol. The summed E-state index contributed by atoms with van der Waals surface area (Å²) in [5.41, 5.74) is 0.879. The third-order valence-corrected chi connectivity index (χ3v) is 5.94. The lowest BCUT2D eigenvalue weighted by molar-refractivity contribution is -0.121. The van der Waals surface area contributed by atoms with Crippen LogP contribution in [-0.2, 0) is 22.6 Å². The molecular formula is C26H29F3N6O3. The number of aryl methyl sites for hydroxylation is 1. The van der Waals surface area contributed by atoms with Crippen molar-refractivity contribution in [3.05, 3.63) is 84.3 Å². The highest BCUT2D eigenvalue weighted by Crippen LogP contribution is 2.23. The van der Waals surface area contributed by atoms with Crippen LogP contribution in [0.2, 0.25) is 0 Å². The van der Waals surface area contributed by atoms with Crippen molar-refractivity contribution in [1.29, 1.82) is 0 Å². The molecule has 2 atom stereocenters. The number of aliphatic hydroxyl groups is 1. The number of nitrogens with zero attached hydrogens (tertiary/aromatic N) is 4. The summed E-state index contributed by atoms with van der Waals surface area (Å²) >= 11 is 0. The van der Waals surface area contributed by atoms with Gasteiger partial charge in [0.05, 0.1) is 24.8 Å². The number of carbonyl (C=O) groups is 1. The second kappa shape index (κ2) is 13.2. The number of carbonyl (C=O) groups excluding carboxylic acids is 1. The van der Waals surface area contributed by atoms with Gasteiger partial charge in [0.1, 0.15) is 36.2 Å². The Morgan fingerprint density at radius 2 is 1.89 bits per heavy atom. The molecule has 0 aliphatic heterocycles. The van der Waals surface area contributed by atoms with Crippen molar-refractivity contribution in [3.63, 3.8) is 0 Å². The van der Waals surface area contributed by atoms with Gasteiger partial charge in [-0.05, 0) is 35.7 Å². The molecule has 2 aromatic carbocycles. The van der Waals surface area contributed by atoms with E-state index in [1.54, 1.807) is 6.07 Å². The van der Waals surface area contributed by atoms with Gasteiger partial charge in [-0.3, -0.25) is 9.48 Å². The summed E-state index contributed by atoms with van der Waals surface area (Å²) in [6, 6.07) is 9.64. The zero-order chi connectivity index (χ0) is 26.9. The molecule has 0 aliphatic carbocycles. The van der Waals surface area contributed by atoms with Gasteiger partial charge in [-0.25, -0.2) is 18.2 Å². The molecule has 4 rings (SSSR count). The Balaban J connectivity index is 1.15. The quantitative estimate of drug-likeness (QED) is 0.217. The molecule has 2 unspecified atom stereocenters. The number of aromatic nitrogens is 4. The van der Waals surface area contributed by atoms with Crippen molar-refractivity contribution < 1.29 is 27.8 Å². The summed E-state index contributed by atoms with van der Waals surface area (Å²) < 4.78 is 50.2. The fraction of sp³-hybridized carbons (Fsp3) is 0.346. The minimum atomic E-state index is -0.908. The summed E-state index contributed by atoms with van der Waals surface area (Å²) in [4.78, 5) is 16.0. The third kappa shape index (κ3) is 7.63. The summed E-state index contributed by atoms with van der Waals surface area (Å²) in [5, 5.41) is 21.0. The highest BCUT2D eigenvalue weighted by Gasteiger charge is 2.20. The fourth-order valence-electron chi connectivity index (χ4n) is 4.01. The Morgan fingerprint density at radius 3 is 2.68 bits per heavy atom. The van der Waals surface area contributed by atoms with Crippen LogP contribution in [0, 0.1) is 17.5 Å². The number of ether oxygens (including phenoxy) is 1. The number of benzene rings is 2. The Bertz CT molecular complexity index is 1330. The van der Waals surface area contributed by atoms with Crippen LogP contribution in [0.4, 0.5) is 13.2 Å². The molecule has 0 saturated carbocycles. The van der Waals surface area contributed by atoms with E-state index in [2.05, 4.69) is 20.7 Å². The molecule has 0 spiro atoms. The average Bonchev–Trinajstić information content (AvgIpc) is 3.55. The average molecular weight is 531 g/mol. The molecule has 0 aliphatic rings. The Morgan fingerprint density at radius 1 is 1.08 bits per heavy atom. The Kier molecular flexibility index (Phi) is 9.46. The van der Waals surface area contributed by atoms with E-state index >= 15 is 0 Å². The first-order chi connectivity index (χ1) is 18.4. The van der Waals surface area contributed by atoms with Crippen molar-refractivity contribution in [1.82, 2.24) is 30.0 Å². The SMILES string of the molecule is O=C(CCn1ccc2ccc(F)cc21)NCCNCC(O)COC(Cn1cncn1)c1ccc(F)cc1F. The van der Waals surface area contributed by atoms with Crippen molar-refractivity contribution >= 4 is 16.8 Å². The van der Waals surface area contributed by atoms with Crippen molar-refractivity contribution in [3.8, 4) is 0 Å². The van der Waals surface area contributed by atoms with E-state index in [-0.39, 0.29) is 43.4 Å². The van der Waals surface area contributed by atoms with E-state index in [1.807, 2.05) is 16.8 Å². The van der Waals surface area contributed by atoms with Crippen molar-refractivity contribution in [2.75, 3.05) is 26.2 Å². The molecule has 202 valence electrons. The number of rotatable bonds is 14. The number of aliphatic hydroxyl groups excluding tert-OH is 1. The van der Waals surface area contributed by atoms with Crippen molar-refractivity contribution in [2.24, 2.45) is 0 Å². The monoisotopic (exact) mass is 530 g/mol. The van der Waals surface area contributed by atoms with Crippen LogP contribution in [0.3, 0.4) is 0 Å². The van der Waals surface area contributed by atoms with Gasteiger partial charge in [0, 0.05) is 50.4 Å². The van der Waals surface area contributed by atoms with Gasteiger partial charge in [0.15, 0.2) is 0 Å². The maximum Gasteiger partial charge on any atom is 0.221 e. The van der Waals surface area contributed by atoms with Crippen LogP contribution in [0.5, 0.6) is 0 Å². The smallest absolute Gasteiger partial charge is 0.221 e. The van der Waals surface area contributed by atoms with E-state index in [0.29, 0.717) is 19.6 Å². The summed E-state index contributed by atoms with van der Waals surface area (Å²) in [7, 11) is 0. The first kappa shape index (κ1) is 27.3. The summed E-state index contributed by atoms with van der Waals surface area (Å²) in [6.45, 7) is 1.38. The number of halogens is 3. The van der Waals surface area contributed by atoms with Crippen LogP contribution < -0.4 is 10.6 Å². The predicted molar refractivity (Wildman–Crippen MR) is 133 cm³/mol. The minimum absolute atomic E-state index is 0.110. The predicted octanol–water partition coefficient (Wildman–Crippen LogP) is 2.57. The molecule has 4 aromatic rings. The number of fused-ring (bicyclic) bond motifs is 1. The van der Waals surface area contributed by atoms with Gasteiger partial charge in [0.2, 0.25) is 5.91 Å². The molecule has 2 heterocycles. The van der Waals surface area contributed by atoms with Gasteiger partial charge in [-0.2, -0.15) is 5.10 Å². The van der Waals surface area contributed by atoms with Crippen molar-refractivity contribution in [2.45, 2.75) is 31.7 Å². The maximum atomic E-state index is 14.3. The van der Waals surface area contributed by atoms with E-state index in [1.165, 1.54) is 35.5 Å². The zero-order valence-electron chi connectivity index (χ0n) is 20.6. The normalized spacial score (nSPS) is 13.1. The van der Waals surface area contributed by atoms with Crippen LogP contribution in [0.1, 0.15) is 18.1 Å². The van der Waals surface area contributed by atoms with E-state index in [4.69, 9.17) is 4.74 Å². The van der Waals surface area contributed by atoms with Gasteiger partial charge >= 0.3 is 0 Å². The number of amides is 1. The first-order valence-electron chi connectivity index (χ1n) is 12.2. The largest absolute Gasteiger partial charge is 0.389 e. The maximum absolute atomic E-state index is 14.3. The molecule has 38 heavy (non-hydrogen) atoms. The van der Waals surface area contributed by atoms with Crippen LogP contribution in [0.25, 0.3) is 10.9 Å². The number of nitrogens with one attached hydrogen (secondary N) is 2. The lowest BCUT2D eigenvalue weighted by Gasteiger charge is -2.21. The summed E-state index contributed by atoms with van der Waals surface area (Å²) in [6.07, 6.45) is 3.12. The molecule has 3 N–H and O–H groups in total. The van der Waals surface area contributed by atoms with Crippen LogP contribution in [0.15, 0.2) is 61.3 Å². The highest BCUT2D eigenvalue weighted by atomic mass is 19.1. The van der Waals surface area contributed by atoms with E-state index < -0.39 is 23.8 Å². The van der Waals surface area contributed by atoms with Gasteiger partial charge in [-0.1, -0.05) is 6.07 Å². The van der Waals surface area contributed by atoms with Gasteiger partial charge in [-0.15, -0.1) is 0 Å². The lowest BCUT2D eigenvalue weighted by atomic mass is 10.1. The second-order valence-corrected chi connectivity index (χ2v) is 8.78. The number of hydrogen-bond acceptors (Lipinski definition) is 6.